The van der Waals surface area contributed by atoms with Crippen LogP contribution in [0.25, 0.3) is 0 Å². The van der Waals surface area contributed by atoms with Crippen molar-refractivity contribution in [1.29, 1.82) is 0 Å². The fourth-order valence-corrected chi connectivity index (χ4v) is 2.97. The average Bonchev–Trinajstić information content (AvgIpc) is 2.61. The van der Waals surface area contributed by atoms with Gasteiger partial charge in [-0.25, -0.2) is 8.78 Å². The zero-order chi connectivity index (χ0) is 18.2. The predicted molar refractivity (Wildman–Crippen MR) is 96.2 cm³/mol. The van der Waals surface area contributed by atoms with Gasteiger partial charge in [0, 0.05) is 13.0 Å². The lowest BCUT2D eigenvalue weighted by atomic mass is 10.0. The van der Waals surface area contributed by atoms with Gasteiger partial charge in [-0.15, -0.1) is 0 Å². The molecule has 134 valence electrons. The quantitative estimate of drug-likeness (QED) is 0.637. The lowest BCUT2D eigenvalue weighted by Gasteiger charge is -2.29. The molecule has 0 aliphatic heterocycles. The molecule has 0 unspecified atom stereocenters. The van der Waals surface area contributed by atoms with Crippen LogP contribution in [0.2, 0.25) is 0 Å². The third kappa shape index (κ3) is 5.38. The maximum absolute atomic E-state index is 13.6. The highest BCUT2D eigenvalue weighted by Crippen LogP contribution is 2.22. The number of halogens is 2. The molecule has 2 rings (SSSR count). The Balaban J connectivity index is 1.97. The molecule has 0 bridgehead atoms. The first kappa shape index (κ1) is 19.1. The Kier molecular flexibility index (Phi) is 7.11. The summed E-state index contributed by atoms with van der Waals surface area (Å²) in [6.07, 6.45) is 2.38. The smallest absolute Gasteiger partial charge is 0.223 e. The molecule has 0 fully saturated rings. The Morgan fingerprint density at radius 1 is 1.08 bits per heavy atom. The van der Waals surface area contributed by atoms with Crippen LogP contribution < -0.4 is 0 Å². The van der Waals surface area contributed by atoms with Crippen LogP contribution in [0, 0.1) is 11.6 Å². The van der Waals surface area contributed by atoms with Crippen molar-refractivity contribution in [2.75, 3.05) is 6.54 Å². The summed E-state index contributed by atoms with van der Waals surface area (Å²) in [6.45, 7) is 4.63. The van der Waals surface area contributed by atoms with Crippen LogP contribution in [-0.2, 0) is 11.2 Å². The van der Waals surface area contributed by atoms with Crippen LogP contribution in [-0.4, -0.2) is 17.4 Å². The van der Waals surface area contributed by atoms with Crippen molar-refractivity contribution in [2.45, 2.75) is 45.6 Å². The molecule has 1 atom stereocenters. The molecule has 0 radical (unpaired) electrons. The summed E-state index contributed by atoms with van der Waals surface area (Å²) < 4.78 is 26.8. The van der Waals surface area contributed by atoms with Crippen LogP contribution >= 0.6 is 0 Å². The average molecular weight is 345 g/mol. The van der Waals surface area contributed by atoms with E-state index in [1.165, 1.54) is 18.2 Å². The first-order chi connectivity index (χ1) is 12.0. The van der Waals surface area contributed by atoms with Crippen LogP contribution in [0.1, 0.15) is 50.3 Å². The van der Waals surface area contributed by atoms with E-state index in [1.54, 1.807) is 30.3 Å². The van der Waals surface area contributed by atoms with Gasteiger partial charge in [0.15, 0.2) is 0 Å². The Morgan fingerprint density at radius 3 is 2.40 bits per heavy atom. The summed E-state index contributed by atoms with van der Waals surface area (Å²) in [6, 6.07) is 12.8. The second-order valence-corrected chi connectivity index (χ2v) is 6.26. The lowest BCUT2D eigenvalue weighted by Crippen LogP contribution is -2.34. The number of aryl methyl sites for hydroxylation is 1. The lowest BCUT2D eigenvalue weighted by molar-refractivity contribution is -0.133. The van der Waals surface area contributed by atoms with Gasteiger partial charge >= 0.3 is 0 Å². The topological polar surface area (TPSA) is 20.3 Å². The summed E-state index contributed by atoms with van der Waals surface area (Å²) in [7, 11) is 0. The largest absolute Gasteiger partial charge is 0.336 e. The van der Waals surface area contributed by atoms with Gasteiger partial charge in [0.1, 0.15) is 11.6 Å². The summed E-state index contributed by atoms with van der Waals surface area (Å²) in [5.74, 6) is -0.454. The SMILES string of the molecule is CCCN(C(=O)CCCc1ccccc1F)[C@@H](C)c1ccc(F)cc1. The molecule has 4 heteroatoms. The molecule has 0 saturated heterocycles. The minimum atomic E-state index is -0.283. The van der Waals surface area contributed by atoms with E-state index in [9.17, 15) is 13.6 Å². The van der Waals surface area contributed by atoms with Gasteiger partial charge in [-0.05, 0) is 55.5 Å². The molecule has 1 amide bonds. The zero-order valence-electron chi connectivity index (χ0n) is 14.8. The number of hydrogen-bond donors (Lipinski definition) is 0. The minimum absolute atomic E-state index is 0.0509. The minimum Gasteiger partial charge on any atom is -0.336 e. The Morgan fingerprint density at radius 2 is 1.76 bits per heavy atom. The highest BCUT2D eigenvalue weighted by Gasteiger charge is 2.20. The molecular weight excluding hydrogens is 320 g/mol. The number of nitrogens with zero attached hydrogens (tertiary/aromatic N) is 1. The van der Waals surface area contributed by atoms with E-state index in [0.717, 1.165) is 12.0 Å². The van der Waals surface area contributed by atoms with Crippen molar-refractivity contribution in [1.82, 2.24) is 4.90 Å². The van der Waals surface area contributed by atoms with Crippen LogP contribution in [0.5, 0.6) is 0 Å². The van der Waals surface area contributed by atoms with E-state index in [0.29, 0.717) is 31.4 Å². The molecule has 25 heavy (non-hydrogen) atoms. The van der Waals surface area contributed by atoms with Crippen molar-refractivity contribution in [3.8, 4) is 0 Å². The number of carbonyl (C=O) groups excluding carboxylic acids is 1. The van der Waals surface area contributed by atoms with Gasteiger partial charge in [-0.3, -0.25) is 4.79 Å². The van der Waals surface area contributed by atoms with Crippen LogP contribution in [0.15, 0.2) is 48.5 Å². The summed E-state index contributed by atoms with van der Waals surface area (Å²) in [5, 5.41) is 0. The summed E-state index contributed by atoms with van der Waals surface area (Å²) in [4.78, 5) is 14.5. The third-order valence-electron chi connectivity index (χ3n) is 4.40. The molecular formula is C21H25F2NO. The molecule has 0 saturated carbocycles. The Labute approximate surface area is 148 Å². The molecule has 0 aromatic heterocycles. The fraction of sp³-hybridized carbons (Fsp3) is 0.381. The molecule has 0 spiro atoms. The maximum Gasteiger partial charge on any atom is 0.223 e. The molecule has 0 N–H and O–H groups in total. The highest BCUT2D eigenvalue weighted by molar-refractivity contribution is 5.76. The second-order valence-electron chi connectivity index (χ2n) is 6.26. The zero-order valence-corrected chi connectivity index (χ0v) is 14.8. The van der Waals surface area contributed by atoms with Crippen molar-refractivity contribution < 1.29 is 13.6 Å². The predicted octanol–water partition coefficient (Wildman–Crippen LogP) is 5.29. The first-order valence-electron chi connectivity index (χ1n) is 8.81. The van der Waals surface area contributed by atoms with Crippen LogP contribution in [0.3, 0.4) is 0 Å². The summed E-state index contributed by atoms with van der Waals surface area (Å²) in [5.41, 5.74) is 1.56. The van der Waals surface area contributed by atoms with Gasteiger partial charge in [0.25, 0.3) is 0 Å². The number of benzene rings is 2. The number of rotatable bonds is 8. The van der Waals surface area contributed by atoms with Crippen molar-refractivity contribution >= 4 is 5.91 Å². The third-order valence-corrected chi connectivity index (χ3v) is 4.40. The van der Waals surface area contributed by atoms with E-state index in [1.807, 2.05) is 18.7 Å². The molecule has 2 nitrogen and oxygen atoms in total. The fourth-order valence-electron chi connectivity index (χ4n) is 2.97. The normalized spacial score (nSPS) is 12.0. The standard InChI is InChI=1S/C21H25F2NO/c1-3-15-24(16(2)17-11-13-19(22)14-12-17)21(25)10-6-8-18-7-4-5-9-20(18)23/h4-5,7,9,11-14,16H,3,6,8,10,15H2,1-2H3/t16-/m0/s1. The summed E-state index contributed by atoms with van der Waals surface area (Å²) >= 11 is 0. The van der Waals surface area contributed by atoms with Gasteiger partial charge in [0.05, 0.1) is 6.04 Å². The van der Waals surface area contributed by atoms with E-state index < -0.39 is 0 Å². The van der Waals surface area contributed by atoms with E-state index >= 15 is 0 Å². The van der Waals surface area contributed by atoms with E-state index in [-0.39, 0.29) is 23.6 Å². The van der Waals surface area contributed by atoms with Gasteiger partial charge in [-0.2, -0.15) is 0 Å². The van der Waals surface area contributed by atoms with E-state index in [2.05, 4.69) is 0 Å². The molecule has 2 aromatic carbocycles. The van der Waals surface area contributed by atoms with Crippen molar-refractivity contribution in [3.05, 3.63) is 71.3 Å². The van der Waals surface area contributed by atoms with Gasteiger partial charge < -0.3 is 4.90 Å². The highest BCUT2D eigenvalue weighted by atomic mass is 19.1. The molecule has 2 aromatic rings. The van der Waals surface area contributed by atoms with Gasteiger partial charge in [0.2, 0.25) is 5.91 Å². The number of carbonyl (C=O) groups is 1. The first-order valence-corrected chi connectivity index (χ1v) is 8.81. The molecule has 0 aliphatic carbocycles. The molecule has 0 heterocycles. The number of hydrogen-bond acceptors (Lipinski definition) is 1. The van der Waals surface area contributed by atoms with Crippen molar-refractivity contribution in [3.63, 3.8) is 0 Å². The Hall–Kier alpha value is -2.23. The second kappa shape index (κ2) is 9.30. The van der Waals surface area contributed by atoms with Gasteiger partial charge in [-0.1, -0.05) is 37.3 Å². The van der Waals surface area contributed by atoms with Crippen LogP contribution in [0.4, 0.5) is 8.78 Å². The maximum atomic E-state index is 13.6. The monoisotopic (exact) mass is 345 g/mol. The molecule has 0 aliphatic rings. The van der Waals surface area contributed by atoms with Crippen molar-refractivity contribution in [2.24, 2.45) is 0 Å². The number of amides is 1. The van der Waals surface area contributed by atoms with E-state index in [4.69, 9.17) is 0 Å². The Bertz CT molecular complexity index is 685.